The van der Waals surface area contributed by atoms with Crippen LogP contribution in [0.5, 0.6) is 0 Å². The number of rotatable bonds is 2. The Kier molecular flexibility index (Phi) is 3.50. The minimum Gasteiger partial charge on any atom is -0.394 e. The fourth-order valence-corrected chi connectivity index (χ4v) is 1.82. The Hall–Kier alpha value is -0.120. The average Bonchev–Trinajstić information content (AvgIpc) is 2.28. The zero-order chi connectivity index (χ0) is 9.03. The van der Waals surface area contributed by atoms with Crippen LogP contribution in [0, 0.1) is 0 Å². The molecule has 2 N–H and O–H groups in total. The van der Waals surface area contributed by atoms with Crippen molar-refractivity contribution in [2.24, 2.45) is 0 Å². The molecule has 0 amide bonds. The van der Waals surface area contributed by atoms with Crippen molar-refractivity contribution < 1.29 is 5.11 Å². The highest BCUT2D eigenvalue weighted by Gasteiger charge is 2.29. The lowest BCUT2D eigenvalue weighted by molar-refractivity contribution is 0.152. The molecule has 72 valence electrons. The van der Waals surface area contributed by atoms with Crippen LogP contribution in [0.1, 0.15) is 19.3 Å². The van der Waals surface area contributed by atoms with Gasteiger partial charge >= 0.3 is 0 Å². The number of aliphatic hydroxyl groups excluding tert-OH is 1. The van der Waals surface area contributed by atoms with Crippen molar-refractivity contribution in [2.75, 3.05) is 33.8 Å². The van der Waals surface area contributed by atoms with Gasteiger partial charge in [0.2, 0.25) is 0 Å². The fraction of sp³-hybridized carbons (Fsp3) is 1.00. The maximum atomic E-state index is 9.27. The van der Waals surface area contributed by atoms with E-state index >= 15 is 0 Å². The summed E-state index contributed by atoms with van der Waals surface area (Å²) in [6.45, 7) is 2.50. The van der Waals surface area contributed by atoms with E-state index in [2.05, 4.69) is 17.3 Å². The van der Waals surface area contributed by atoms with E-state index in [1.807, 2.05) is 7.05 Å². The van der Waals surface area contributed by atoms with E-state index in [-0.39, 0.29) is 12.1 Å². The molecule has 0 aromatic heterocycles. The molecule has 0 radical (unpaired) electrons. The van der Waals surface area contributed by atoms with E-state index < -0.39 is 0 Å². The Morgan fingerprint density at radius 1 is 1.42 bits per heavy atom. The van der Waals surface area contributed by atoms with Crippen LogP contribution in [0.25, 0.3) is 0 Å². The lowest BCUT2D eigenvalue weighted by atomic mass is 9.92. The second-order valence-corrected chi connectivity index (χ2v) is 3.85. The number of nitrogens with zero attached hydrogens (tertiary/aromatic N) is 1. The molecule has 1 fully saturated rings. The normalized spacial score (nSPS) is 33.2. The number of aliphatic hydroxyl groups is 1. The topological polar surface area (TPSA) is 35.5 Å². The number of hydrogen-bond donors (Lipinski definition) is 2. The largest absolute Gasteiger partial charge is 0.394 e. The van der Waals surface area contributed by atoms with Gasteiger partial charge in [0.25, 0.3) is 0 Å². The van der Waals surface area contributed by atoms with Gasteiger partial charge < -0.3 is 15.3 Å². The zero-order valence-electron chi connectivity index (χ0n) is 8.14. The summed E-state index contributed by atoms with van der Waals surface area (Å²) in [5.74, 6) is 0. The third-order valence-corrected chi connectivity index (χ3v) is 3.00. The molecule has 1 heterocycles. The Bertz CT molecular complexity index is 134. The van der Waals surface area contributed by atoms with Gasteiger partial charge in [-0.15, -0.1) is 0 Å². The van der Waals surface area contributed by atoms with Gasteiger partial charge in [-0.1, -0.05) is 0 Å². The summed E-state index contributed by atoms with van der Waals surface area (Å²) in [7, 11) is 4.09. The Morgan fingerprint density at radius 3 is 2.75 bits per heavy atom. The SMILES string of the molecule is CNC1(CO)CCCN(C)CC1. The molecule has 12 heavy (non-hydrogen) atoms. The third kappa shape index (κ3) is 2.19. The quantitative estimate of drug-likeness (QED) is 0.618. The third-order valence-electron chi connectivity index (χ3n) is 3.00. The predicted molar refractivity (Wildman–Crippen MR) is 50.2 cm³/mol. The van der Waals surface area contributed by atoms with Gasteiger partial charge in [0, 0.05) is 5.54 Å². The molecule has 0 saturated carbocycles. The first kappa shape index (κ1) is 9.96. The summed E-state index contributed by atoms with van der Waals surface area (Å²) in [5, 5.41) is 12.5. The molecule has 0 aromatic rings. The molecule has 1 rings (SSSR count). The lowest BCUT2D eigenvalue weighted by Crippen LogP contribution is -2.46. The van der Waals surface area contributed by atoms with E-state index in [4.69, 9.17) is 0 Å². The van der Waals surface area contributed by atoms with Crippen molar-refractivity contribution in [2.45, 2.75) is 24.8 Å². The summed E-state index contributed by atoms with van der Waals surface area (Å²) < 4.78 is 0. The Morgan fingerprint density at radius 2 is 2.17 bits per heavy atom. The molecular weight excluding hydrogens is 152 g/mol. The molecule has 1 unspecified atom stereocenters. The van der Waals surface area contributed by atoms with Crippen molar-refractivity contribution in [3.63, 3.8) is 0 Å². The summed E-state index contributed by atoms with van der Waals surface area (Å²) >= 11 is 0. The van der Waals surface area contributed by atoms with Gasteiger partial charge in [-0.3, -0.25) is 0 Å². The van der Waals surface area contributed by atoms with Gasteiger partial charge in [0.1, 0.15) is 0 Å². The van der Waals surface area contributed by atoms with Gasteiger partial charge in [-0.2, -0.15) is 0 Å². The summed E-state index contributed by atoms with van der Waals surface area (Å²) in [5.41, 5.74) is -0.00917. The first-order chi connectivity index (χ1) is 5.72. The second kappa shape index (κ2) is 4.21. The lowest BCUT2D eigenvalue weighted by Gasteiger charge is -2.30. The molecule has 1 aliphatic heterocycles. The van der Waals surface area contributed by atoms with Crippen molar-refractivity contribution >= 4 is 0 Å². The summed E-state index contributed by atoms with van der Waals surface area (Å²) in [6, 6.07) is 0. The molecule has 0 aromatic carbocycles. The second-order valence-electron chi connectivity index (χ2n) is 3.85. The summed E-state index contributed by atoms with van der Waals surface area (Å²) in [6.07, 6.45) is 3.32. The molecular formula is C9H20N2O. The van der Waals surface area contributed by atoms with E-state index in [1.165, 1.54) is 6.42 Å². The molecule has 1 saturated heterocycles. The van der Waals surface area contributed by atoms with E-state index in [0.717, 1.165) is 25.9 Å². The highest BCUT2D eigenvalue weighted by molar-refractivity contribution is 4.89. The van der Waals surface area contributed by atoms with Crippen molar-refractivity contribution in [3.05, 3.63) is 0 Å². The van der Waals surface area contributed by atoms with Gasteiger partial charge in [0.05, 0.1) is 6.61 Å². The van der Waals surface area contributed by atoms with Crippen LogP contribution in [-0.2, 0) is 0 Å². The van der Waals surface area contributed by atoms with Crippen LogP contribution in [0.4, 0.5) is 0 Å². The van der Waals surface area contributed by atoms with Gasteiger partial charge in [-0.25, -0.2) is 0 Å². The van der Waals surface area contributed by atoms with Crippen molar-refractivity contribution in [3.8, 4) is 0 Å². The average molecular weight is 172 g/mol. The van der Waals surface area contributed by atoms with Crippen LogP contribution >= 0.6 is 0 Å². The van der Waals surface area contributed by atoms with Crippen LogP contribution in [0.2, 0.25) is 0 Å². The molecule has 0 bridgehead atoms. The monoisotopic (exact) mass is 172 g/mol. The van der Waals surface area contributed by atoms with E-state index in [1.54, 1.807) is 0 Å². The summed E-state index contributed by atoms with van der Waals surface area (Å²) in [4.78, 5) is 2.33. The van der Waals surface area contributed by atoms with Gasteiger partial charge in [-0.05, 0) is 46.4 Å². The highest BCUT2D eigenvalue weighted by Crippen LogP contribution is 2.20. The Balaban J connectivity index is 2.52. The minimum atomic E-state index is -0.00917. The van der Waals surface area contributed by atoms with E-state index in [9.17, 15) is 5.11 Å². The predicted octanol–water partition coefficient (Wildman–Crippen LogP) is 0.0526. The highest BCUT2D eigenvalue weighted by atomic mass is 16.3. The molecule has 0 aliphatic carbocycles. The fourth-order valence-electron chi connectivity index (χ4n) is 1.82. The molecule has 3 heteroatoms. The smallest absolute Gasteiger partial charge is 0.0613 e. The van der Waals surface area contributed by atoms with Crippen LogP contribution in [0.15, 0.2) is 0 Å². The first-order valence-corrected chi connectivity index (χ1v) is 4.71. The number of likely N-dealkylation sites (tertiary alicyclic amines) is 1. The van der Waals surface area contributed by atoms with Gasteiger partial charge in [0.15, 0.2) is 0 Å². The molecule has 0 spiro atoms. The maximum Gasteiger partial charge on any atom is 0.0613 e. The molecule has 3 nitrogen and oxygen atoms in total. The van der Waals surface area contributed by atoms with E-state index in [0.29, 0.717) is 0 Å². The zero-order valence-corrected chi connectivity index (χ0v) is 8.14. The standard InChI is InChI=1S/C9H20N2O/c1-10-9(8-12)4-3-6-11(2)7-5-9/h10,12H,3-8H2,1-2H3. The first-order valence-electron chi connectivity index (χ1n) is 4.71. The number of likely N-dealkylation sites (N-methyl/N-ethyl adjacent to an activating group) is 1. The van der Waals surface area contributed by atoms with Crippen molar-refractivity contribution in [1.29, 1.82) is 0 Å². The number of hydrogen-bond acceptors (Lipinski definition) is 3. The minimum absolute atomic E-state index is 0.00917. The Labute approximate surface area is 74.8 Å². The molecule has 1 atom stereocenters. The van der Waals surface area contributed by atoms with Crippen LogP contribution in [0.3, 0.4) is 0 Å². The number of nitrogens with one attached hydrogen (secondary N) is 1. The van der Waals surface area contributed by atoms with Crippen LogP contribution < -0.4 is 5.32 Å². The van der Waals surface area contributed by atoms with Crippen molar-refractivity contribution in [1.82, 2.24) is 10.2 Å². The molecule has 1 aliphatic rings. The van der Waals surface area contributed by atoms with Crippen LogP contribution in [-0.4, -0.2) is 49.3 Å². The maximum absolute atomic E-state index is 9.27.